The number of aromatic nitrogens is 2. The molecule has 0 radical (unpaired) electrons. The molecule has 1 aromatic heterocycles. The highest BCUT2D eigenvalue weighted by atomic mass is 79.9. The van der Waals surface area contributed by atoms with Crippen molar-refractivity contribution in [3.05, 3.63) is 44.1 Å². The molecular weight excluding hydrogens is 479 g/mol. The van der Waals surface area contributed by atoms with E-state index in [4.69, 9.17) is 43.4 Å². The Labute approximate surface area is 188 Å². The average Bonchev–Trinajstić information content (AvgIpc) is 3.23. The van der Waals surface area contributed by atoms with Crippen LogP contribution < -0.4 is 5.73 Å². The molecule has 2 atom stereocenters. The van der Waals surface area contributed by atoms with Crippen LogP contribution in [-0.2, 0) is 9.47 Å². The Morgan fingerprint density at radius 3 is 2.62 bits per heavy atom. The zero-order valence-electron chi connectivity index (χ0n) is 15.9. The summed E-state index contributed by atoms with van der Waals surface area (Å²) in [5.41, 5.74) is 8.94. The smallest absolute Gasteiger partial charge is 0.150 e. The standard InChI is InChI=1S/C20H23BrCl2N4O2/c21-13-9-14(22)18(23)19(24)17(13)20(26-15-5-1-3-7-28-15)12-10-25-27(11-12)16-6-2-4-8-29-16/h9-11,15-16H,1-8,24H2/b26-20+. The van der Waals surface area contributed by atoms with E-state index in [-0.39, 0.29) is 12.5 Å². The van der Waals surface area contributed by atoms with Gasteiger partial charge in [-0.15, -0.1) is 0 Å². The van der Waals surface area contributed by atoms with Crippen molar-refractivity contribution in [2.75, 3.05) is 18.9 Å². The molecule has 2 aromatic rings. The highest BCUT2D eigenvalue weighted by molar-refractivity contribution is 9.10. The second kappa shape index (κ2) is 9.35. The number of nitrogens with zero attached hydrogens (tertiary/aromatic N) is 3. The molecule has 0 aliphatic carbocycles. The molecule has 4 rings (SSSR count). The molecule has 0 bridgehead atoms. The molecule has 0 saturated carbocycles. The van der Waals surface area contributed by atoms with Crippen LogP contribution in [0.2, 0.25) is 10.0 Å². The van der Waals surface area contributed by atoms with Gasteiger partial charge in [-0.05, 0) is 60.5 Å². The average molecular weight is 502 g/mol. The van der Waals surface area contributed by atoms with E-state index in [0.29, 0.717) is 33.6 Å². The Morgan fingerprint density at radius 1 is 1.17 bits per heavy atom. The van der Waals surface area contributed by atoms with Gasteiger partial charge in [-0.25, -0.2) is 4.68 Å². The second-order valence-corrected chi connectivity index (χ2v) is 8.91. The Morgan fingerprint density at radius 2 is 1.93 bits per heavy atom. The number of nitrogens with two attached hydrogens (primary N) is 1. The van der Waals surface area contributed by atoms with Gasteiger partial charge in [0.2, 0.25) is 0 Å². The highest BCUT2D eigenvalue weighted by Crippen LogP contribution is 2.38. The molecule has 156 valence electrons. The van der Waals surface area contributed by atoms with Crippen molar-refractivity contribution in [3.8, 4) is 0 Å². The van der Waals surface area contributed by atoms with Crippen LogP contribution in [0.25, 0.3) is 0 Å². The van der Waals surface area contributed by atoms with E-state index in [2.05, 4.69) is 21.0 Å². The van der Waals surface area contributed by atoms with Gasteiger partial charge in [-0.2, -0.15) is 5.10 Å². The number of halogens is 3. The maximum Gasteiger partial charge on any atom is 0.150 e. The van der Waals surface area contributed by atoms with Crippen LogP contribution in [0, 0.1) is 0 Å². The van der Waals surface area contributed by atoms with Gasteiger partial charge >= 0.3 is 0 Å². The first-order valence-corrected chi connectivity index (χ1v) is 11.4. The maximum absolute atomic E-state index is 6.36. The van der Waals surface area contributed by atoms with Crippen LogP contribution in [0.5, 0.6) is 0 Å². The molecule has 2 saturated heterocycles. The van der Waals surface area contributed by atoms with Crippen molar-refractivity contribution in [1.29, 1.82) is 0 Å². The van der Waals surface area contributed by atoms with Crippen LogP contribution in [0.3, 0.4) is 0 Å². The van der Waals surface area contributed by atoms with Gasteiger partial charge in [-0.1, -0.05) is 23.2 Å². The molecule has 2 fully saturated rings. The SMILES string of the molecule is Nc1c(Cl)c(Cl)cc(Br)c1/C(=N/C1CCCCO1)c1cnn(C2CCCCO2)c1. The molecule has 0 amide bonds. The molecule has 2 aliphatic rings. The summed E-state index contributed by atoms with van der Waals surface area (Å²) in [4.78, 5) is 4.92. The van der Waals surface area contributed by atoms with Crippen molar-refractivity contribution >= 4 is 50.5 Å². The van der Waals surface area contributed by atoms with Crippen LogP contribution in [0.15, 0.2) is 27.9 Å². The third-order valence-electron chi connectivity index (χ3n) is 5.20. The number of benzene rings is 1. The van der Waals surface area contributed by atoms with E-state index >= 15 is 0 Å². The lowest BCUT2D eigenvalue weighted by atomic mass is 10.0. The molecule has 3 heterocycles. The highest BCUT2D eigenvalue weighted by Gasteiger charge is 2.24. The molecular formula is C20H23BrCl2N4O2. The molecule has 29 heavy (non-hydrogen) atoms. The van der Waals surface area contributed by atoms with Crippen molar-refractivity contribution in [3.63, 3.8) is 0 Å². The lowest BCUT2D eigenvalue weighted by molar-refractivity contribution is -0.0394. The van der Waals surface area contributed by atoms with Gasteiger partial charge in [-0.3, -0.25) is 4.99 Å². The molecule has 0 spiro atoms. The number of nitrogen functional groups attached to an aromatic ring is 1. The summed E-state index contributed by atoms with van der Waals surface area (Å²) < 4.78 is 14.3. The summed E-state index contributed by atoms with van der Waals surface area (Å²) in [5, 5.41) is 5.23. The van der Waals surface area contributed by atoms with Crippen molar-refractivity contribution in [1.82, 2.24) is 9.78 Å². The third kappa shape index (κ3) is 4.64. The third-order valence-corrected chi connectivity index (χ3v) is 6.63. The van der Waals surface area contributed by atoms with Gasteiger partial charge in [0.05, 0.1) is 27.6 Å². The summed E-state index contributed by atoms with van der Waals surface area (Å²) >= 11 is 16.1. The first-order chi connectivity index (χ1) is 14.0. The fourth-order valence-electron chi connectivity index (χ4n) is 3.66. The van der Waals surface area contributed by atoms with E-state index < -0.39 is 0 Å². The number of anilines is 1. The predicted octanol–water partition coefficient (Wildman–Crippen LogP) is 5.60. The summed E-state index contributed by atoms with van der Waals surface area (Å²) in [6.45, 7) is 1.46. The summed E-state index contributed by atoms with van der Waals surface area (Å²) in [7, 11) is 0. The van der Waals surface area contributed by atoms with E-state index in [1.165, 1.54) is 0 Å². The van der Waals surface area contributed by atoms with Crippen molar-refractivity contribution in [2.45, 2.75) is 51.0 Å². The number of hydrogen-bond donors (Lipinski definition) is 1. The minimum absolute atomic E-state index is 0.0562. The minimum atomic E-state index is -0.228. The van der Waals surface area contributed by atoms with Crippen LogP contribution in [-0.4, -0.2) is 34.9 Å². The molecule has 6 nitrogen and oxygen atoms in total. The first kappa shape index (κ1) is 21.1. The molecule has 2 aliphatic heterocycles. The van der Waals surface area contributed by atoms with Crippen LogP contribution in [0.1, 0.15) is 55.9 Å². The zero-order valence-corrected chi connectivity index (χ0v) is 19.0. The summed E-state index contributed by atoms with van der Waals surface area (Å²) in [6.07, 6.45) is 9.60. The molecule has 1 aromatic carbocycles. The fourth-order valence-corrected chi connectivity index (χ4v) is 4.78. The Hall–Kier alpha value is -1.12. The lowest BCUT2D eigenvalue weighted by Gasteiger charge is -2.23. The quantitative estimate of drug-likeness (QED) is 0.336. The first-order valence-electron chi connectivity index (χ1n) is 9.83. The van der Waals surface area contributed by atoms with E-state index in [1.54, 1.807) is 12.3 Å². The molecule has 2 unspecified atom stereocenters. The lowest BCUT2D eigenvalue weighted by Crippen LogP contribution is -2.20. The van der Waals surface area contributed by atoms with Crippen molar-refractivity contribution < 1.29 is 9.47 Å². The number of hydrogen-bond acceptors (Lipinski definition) is 5. The van der Waals surface area contributed by atoms with Gasteiger partial charge in [0.1, 0.15) is 12.5 Å². The van der Waals surface area contributed by atoms with Gasteiger partial charge in [0, 0.05) is 35.0 Å². The van der Waals surface area contributed by atoms with Gasteiger partial charge in [0.15, 0.2) is 0 Å². The Kier molecular flexibility index (Phi) is 6.81. The number of rotatable bonds is 4. The second-order valence-electron chi connectivity index (χ2n) is 7.27. The van der Waals surface area contributed by atoms with Crippen LogP contribution >= 0.6 is 39.1 Å². The van der Waals surface area contributed by atoms with E-state index in [9.17, 15) is 0 Å². The summed E-state index contributed by atoms with van der Waals surface area (Å²) in [6, 6.07) is 1.74. The molecule has 2 N–H and O–H groups in total. The zero-order chi connectivity index (χ0) is 20.4. The Bertz CT molecular complexity index is 906. The fraction of sp³-hybridized carbons (Fsp3) is 0.500. The van der Waals surface area contributed by atoms with Crippen molar-refractivity contribution in [2.24, 2.45) is 4.99 Å². The van der Waals surface area contributed by atoms with E-state index in [1.807, 2.05) is 10.9 Å². The van der Waals surface area contributed by atoms with E-state index in [0.717, 1.165) is 55.2 Å². The molecule has 9 heteroatoms. The summed E-state index contributed by atoms with van der Waals surface area (Å²) in [5.74, 6) is 0. The minimum Gasteiger partial charge on any atom is -0.397 e. The van der Waals surface area contributed by atoms with Gasteiger partial charge in [0.25, 0.3) is 0 Å². The maximum atomic E-state index is 6.36. The number of aliphatic imine (C=N–C) groups is 1. The Balaban J connectivity index is 1.77. The monoisotopic (exact) mass is 500 g/mol. The largest absolute Gasteiger partial charge is 0.397 e. The normalized spacial score (nSPS) is 23.3. The predicted molar refractivity (Wildman–Crippen MR) is 119 cm³/mol. The van der Waals surface area contributed by atoms with Crippen LogP contribution in [0.4, 0.5) is 5.69 Å². The number of ether oxygens (including phenoxy) is 2. The topological polar surface area (TPSA) is 74.7 Å². The van der Waals surface area contributed by atoms with Gasteiger partial charge < -0.3 is 15.2 Å².